The highest BCUT2D eigenvalue weighted by atomic mass is 32.1. The van der Waals surface area contributed by atoms with Crippen LogP contribution in [0.4, 0.5) is 17.1 Å². The van der Waals surface area contributed by atoms with E-state index in [0.717, 1.165) is 11.4 Å². The molecular formula is C44H32N2SSi. The van der Waals surface area contributed by atoms with Crippen LogP contribution in [0.5, 0.6) is 0 Å². The van der Waals surface area contributed by atoms with Crippen LogP contribution < -0.4 is 15.3 Å². The first kappa shape index (κ1) is 27.7. The van der Waals surface area contributed by atoms with E-state index in [1.54, 1.807) is 5.19 Å². The Kier molecular flexibility index (Phi) is 5.93. The van der Waals surface area contributed by atoms with E-state index in [1.165, 1.54) is 69.7 Å². The molecule has 1 aliphatic rings. The van der Waals surface area contributed by atoms with E-state index in [4.69, 9.17) is 0 Å². The summed E-state index contributed by atoms with van der Waals surface area (Å²) in [6, 6.07) is 58.2. The second kappa shape index (κ2) is 10.3. The number of anilines is 3. The van der Waals surface area contributed by atoms with Crippen molar-refractivity contribution in [2.24, 2.45) is 0 Å². The minimum Gasteiger partial charge on any atom is -0.308 e. The van der Waals surface area contributed by atoms with Crippen LogP contribution in [0.2, 0.25) is 13.1 Å². The molecule has 0 spiro atoms. The summed E-state index contributed by atoms with van der Waals surface area (Å²) >= 11 is 1.95. The zero-order valence-corrected chi connectivity index (χ0v) is 28.6. The lowest BCUT2D eigenvalue weighted by Crippen LogP contribution is -2.49. The van der Waals surface area contributed by atoms with Crippen LogP contribution >= 0.6 is 11.3 Å². The van der Waals surface area contributed by atoms with Crippen molar-refractivity contribution in [3.05, 3.63) is 158 Å². The lowest BCUT2D eigenvalue weighted by Gasteiger charge is -2.28. The third kappa shape index (κ3) is 3.84. The summed E-state index contributed by atoms with van der Waals surface area (Å²) in [5.41, 5.74) is 9.96. The lowest BCUT2D eigenvalue weighted by molar-refractivity contribution is 1.17. The second-order valence-corrected chi connectivity index (χ2v) is 18.7. The molecule has 0 bridgehead atoms. The van der Waals surface area contributed by atoms with Gasteiger partial charge in [0.05, 0.1) is 16.7 Å². The maximum Gasteiger partial charge on any atom is 0.114 e. The standard InChI is InChI=1S/C44H32N2SSi/c1-48(2)40-27-26-35-33-19-10-12-23-39(33)47-44(35)42(40)36-25-24-31(28-41(36)48)45(29-14-5-3-6-15-29)38-22-13-20-34-32-18-9-11-21-37(32)46(43(34)38)30-16-7-4-8-17-30/h3-28H,1-2H3. The van der Waals surface area contributed by atoms with Crippen molar-refractivity contribution in [1.82, 2.24) is 4.57 Å². The molecule has 4 heteroatoms. The molecule has 0 amide bonds. The fourth-order valence-corrected chi connectivity index (χ4v) is 12.6. The van der Waals surface area contributed by atoms with Gasteiger partial charge in [-0.15, -0.1) is 11.3 Å². The average molecular weight is 649 g/mol. The van der Waals surface area contributed by atoms with E-state index in [-0.39, 0.29) is 0 Å². The van der Waals surface area contributed by atoms with Gasteiger partial charge in [0.2, 0.25) is 0 Å². The van der Waals surface area contributed by atoms with Crippen LogP contribution in [0.3, 0.4) is 0 Å². The highest BCUT2D eigenvalue weighted by Crippen LogP contribution is 2.46. The molecule has 48 heavy (non-hydrogen) atoms. The van der Waals surface area contributed by atoms with Gasteiger partial charge in [-0.05, 0) is 76.1 Å². The van der Waals surface area contributed by atoms with Crippen LogP contribution in [-0.4, -0.2) is 12.6 Å². The molecule has 0 radical (unpaired) electrons. The zero-order chi connectivity index (χ0) is 32.0. The molecule has 0 saturated heterocycles. The predicted molar refractivity (Wildman–Crippen MR) is 211 cm³/mol. The van der Waals surface area contributed by atoms with Gasteiger partial charge in [-0.25, -0.2) is 0 Å². The first-order chi connectivity index (χ1) is 23.6. The van der Waals surface area contributed by atoms with Crippen LogP contribution in [-0.2, 0) is 0 Å². The molecule has 0 unspecified atom stereocenters. The molecule has 228 valence electrons. The summed E-state index contributed by atoms with van der Waals surface area (Å²) in [6.07, 6.45) is 0. The van der Waals surface area contributed by atoms with E-state index in [2.05, 4.69) is 180 Å². The first-order valence-corrected chi connectivity index (χ1v) is 20.4. The molecule has 10 rings (SSSR count). The number of fused-ring (bicyclic) bond motifs is 10. The number of thiophene rings is 1. The van der Waals surface area contributed by atoms with Gasteiger partial charge in [-0.2, -0.15) is 0 Å². The number of aromatic nitrogens is 1. The second-order valence-electron chi connectivity index (χ2n) is 13.4. The van der Waals surface area contributed by atoms with Crippen molar-refractivity contribution in [3.63, 3.8) is 0 Å². The Morgan fingerprint density at radius 3 is 2.08 bits per heavy atom. The van der Waals surface area contributed by atoms with E-state index in [1.807, 2.05) is 11.3 Å². The van der Waals surface area contributed by atoms with Gasteiger partial charge in [0, 0.05) is 48.0 Å². The summed E-state index contributed by atoms with van der Waals surface area (Å²) in [7, 11) is -2.00. The van der Waals surface area contributed by atoms with Gasteiger partial charge < -0.3 is 9.47 Å². The summed E-state index contributed by atoms with van der Waals surface area (Å²) in [5.74, 6) is 0. The predicted octanol–water partition coefficient (Wildman–Crippen LogP) is 11.4. The molecule has 9 aromatic rings. The SMILES string of the molecule is C[Si]1(C)c2cc(N(c3ccccc3)c3cccc4c5ccccc5n(-c5ccccc5)c34)ccc2-c2c1ccc1c2sc2ccccc21. The quantitative estimate of drug-likeness (QED) is 0.172. The van der Waals surface area contributed by atoms with Gasteiger partial charge >= 0.3 is 0 Å². The molecule has 2 nitrogen and oxygen atoms in total. The largest absolute Gasteiger partial charge is 0.308 e. The van der Waals surface area contributed by atoms with Crippen molar-refractivity contribution in [2.45, 2.75) is 13.1 Å². The highest BCUT2D eigenvalue weighted by molar-refractivity contribution is 7.26. The van der Waals surface area contributed by atoms with Crippen LogP contribution in [0.25, 0.3) is 58.8 Å². The highest BCUT2D eigenvalue weighted by Gasteiger charge is 2.39. The van der Waals surface area contributed by atoms with E-state index < -0.39 is 8.07 Å². The van der Waals surface area contributed by atoms with Crippen LogP contribution in [0, 0.1) is 0 Å². The molecular weight excluding hydrogens is 617 g/mol. The third-order valence-electron chi connectivity index (χ3n) is 10.4. The number of para-hydroxylation sites is 4. The molecule has 0 atom stereocenters. The van der Waals surface area contributed by atoms with Crippen molar-refractivity contribution >= 4 is 88.8 Å². The number of benzene rings is 7. The summed E-state index contributed by atoms with van der Waals surface area (Å²) in [4.78, 5) is 2.48. The first-order valence-electron chi connectivity index (χ1n) is 16.6. The number of rotatable bonds is 4. The number of hydrogen-bond acceptors (Lipinski definition) is 2. The van der Waals surface area contributed by atoms with Gasteiger partial charge in [0.1, 0.15) is 8.07 Å². The average Bonchev–Trinajstić information content (AvgIpc) is 3.75. The smallest absolute Gasteiger partial charge is 0.114 e. The number of hydrogen-bond donors (Lipinski definition) is 0. The summed E-state index contributed by atoms with van der Waals surface area (Å²) < 4.78 is 5.23. The minimum absolute atomic E-state index is 1.15. The fraction of sp³-hybridized carbons (Fsp3) is 0.0455. The summed E-state index contributed by atoms with van der Waals surface area (Å²) in [5, 5.41) is 8.31. The van der Waals surface area contributed by atoms with Gasteiger partial charge in [0.15, 0.2) is 0 Å². The molecule has 3 heterocycles. The molecule has 0 N–H and O–H groups in total. The minimum atomic E-state index is -2.00. The molecule has 1 aliphatic heterocycles. The topological polar surface area (TPSA) is 8.17 Å². The Balaban J connectivity index is 1.25. The zero-order valence-electron chi connectivity index (χ0n) is 26.8. The molecule has 2 aromatic heterocycles. The molecule has 0 fully saturated rings. The Labute approximate surface area is 284 Å². The van der Waals surface area contributed by atoms with E-state index in [9.17, 15) is 0 Å². The lowest BCUT2D eigenvalue weighted by atomic mass is 10.0. The normalized spacial score (nSPS) is 13.4. The van der Waals surface area contributed by atoms with Gasteiger partial charge in [-0.1, -0.05) is 116 Å². The van der Waals surface area contributed by atoms with Crippen molar-refractivity contribution in [2.75, 3.05) is 4.90 Å². The van der Waals surface area contributed by atoms with Gasteiger partial charge in [-0.3, -0.25) is 0 Å². The van der Waals surface area contributed by atoms with Crippen molar-refractivity contribution < 1.29 is 0 Å². The maximum atomic E-state index is 2.53. The summed E-state index contributed by atoms with van der Waals surface area (Å²) in [6.45, 7) is 5.06. The maximum absolute atomic E-state index is 2.53. The third-order valence-corrected chi connectivity index (χ3v) is 15.1. The van der Waals surface area contributed by atoms with Crippen LogP contribution in [0.15, 0.2) is 158 Å². The Morgan fingerprint density at radius 2 is 1.25 bits per heavy atom. The van der Waals surface area contributed by atoms with Gasteiger partial charge in [0.25, 0.3) is 0 Å². The monoisotopic (exact) mass is 648 g/mol. The Bertz CT molecular complexity index is 2700. The fourth-order valence-electron chi connectivity index (χ4n) is 8.16. The van der Waals surface area contributed by atoms with E-state index >= 15 is 0 Å². The molecule has 7 aromatic carbocycles. The van der Waals surface area contributed by atoms with Crippen molar-refractivity contribution in [3.8, 4) is 16.8 Å². The van der Waals surface area contributed by atoms with Crippen molar-refractivity contribution in [1.29, 1.82) is 0 Å². The number of nitrogens with zero attached hydrogens (tertiary/aromatic N) is 2. The van der Waals surface area contributed by atoms with E-state index in [0.29, 0.717) is 0 Å². The Morgan fingerprint density at radius 1 is 0.542 bits per heavy atom. The molecule has 0 aliphatic carbocycles. The van der Waals surface area contributed by atoms with Crippen LogP contribution in [0.1, 0.15) is 0 Å². The molecule has 0 saturated carbocycles. The Hall–Kier alpha value is -5.42.